The van der Waals surface area contributed by atoms with Crippen LogP contribution in [0.1, 0.15) is 18.4 Å². The minimum atomic E-state index is 0.413. The minimum absolute atomic E-state index is 0.413. The molecule has 88 valence electrons. The molecular weight excluding hydrogens is 234 g/mol. The van der Waals surface area contributed by atoms with Gasteiger partial charge in [-0.2, -0.15) is 0 Å². The van der Waals surface area contributed by atoms with Crippen molar-refractivity contribution in [3.05, 3.63) is 23.0 Å². The molecule has 0 radical (unpaired) electrons. The van der Waals surface area contributed by atoms with Crippen molar-refractivity contribution in [2.75, 3.05) is 18.0 Å². The van der Waals surface area contributed by atoms with Crippen molar-refractivity contribution in [3.63, 3.8) is 0 Å². The first kappa shape index (κ1) is 10.9. The highest BCUT2D eigenvalue weighted by Crippen LogP contribution is 2.30. The van der Waals surface area contributed by atoms with Crippen LogP contribution in [0.2, 0.25) is 5.15 Å². The number of hydrogen-bond acceptors (Lipinski definition) is 3. The zero-order valence-electron chi connectivity index (χ0n) is 9.49. The molecule has 0 aromatic carbocycles. The van der Waals surface area contributed by atoms with E-state index in [0.717, 1.165) is 18.8 Å². The number of hydrogen-bond donors (Lipinski definition) is 1. The number of aromatic nitrogens is 1. The summed E-state index contributed by atoms with van der Waals surface area (Å²) in [5.74, 6) is 2.58. The van der Waals surface area contributed by atoms with Crippen molar-refractivity contribution in [1.82, 2.24) is 10.3 Å². The van der Waals surface area contributed by atoms with E-state index < -0.39 is 0 Å². The zero-order chi connectivity index (χ0) is 11.8. The van der Waals surface area contributed by atoms with Crippen LogP contribution in [-0.2, 0) is 0 Å². The summed E-state index contributed by atoms with van der Waals surface area (Å²) in [6.07, 6.45) is 9.64. The quantitative estimate of drug-likeness (QED) is 0.604. The average Bonchev–Trinajstić information content (AvgIpc) is 2.65. The number of nitrogens with zero attached hydrogens (tertiary/aromatic N) is 2. The van der Waals surface area contributed by atoms with Crippen molar-refractivity contribution in [2.45, 2.75) is 24.9 Å². The summed E-state index contributed by atoms with van der Waals surface area (Å²) in [7, 11) is 0. The van der Waals surface area contributed by atoms with Crippen LogP contribution in [0, 0.1) is 12.3 Å². The summed E-state index contributed by atoms with van der Waals surface area (Å²) >= 11 is 5.93. The highest BCUT2D eigenvalue weighted by Gasteiger charge is 2.35. The van der Waals surface area contributed by atoms with Gasteiger partial charge in [-0.3, -0.25) is 0 Å². The first-order valence-electron chi connectivity index (χ1n) is 5.90. The highest BCUT2D eigenvalue weighted by atomic mass is 35.5. The number of piperidine rings is 1. The van der Waals surface area contributed by atoms with Crippen molar-refractivity contribution in [2.24, 2.45) is 0 Å². The Morgan fingerprint density at radius 2 is 2.47 bits per heavy atom. The Morgan fingerprint density at radius 1 is 1.59 bits per heavy atom. The Balaban J connectivity index is 1.92. The maximum Gasteiger partial charge on any atom is 0.144 e. The third kappa shape index (κ3) is 1.88. The number of fused-ring (bicyclic) bond motifs is 2. The second-order valence-electron chi connectivity index (χ2n) is 4.66. The van der Waals surface area contributed by atoms with Gasteiger partial charge in [-0.15, -0.1) is 6.42 Å². The molecule has 17 heavy (non-hydrogen) atoms. The van der Waals surface area contributed by atoms with Gasteiger partial charge in [-0.25, -0.2) is 4.98 Å². The van der Waals surface area contributed by atoms with E-state index in [1.54, 1.807) is 0 Å². The smallest absolute Gasteiger partial charge is 0.144 e. The van der Waals surface area contributed by atoms with Crippen LogP contribution in [0.5, 0.6) is 0 Å². The summed E-state index contributed by atoms with van der Waals surface area (Å²) in [5, 5.41) is 3.94. The summed E-state index contributed by atoms with van der Waals surface area (Å²) < 4.78 is 0. The number of terminal acetylenes is 1. The number of halogens is 1. The van der Waals surface area contributed by atoms with Gasteiger partial charge in [-0.1, -0.05) is 17.5 Å². The molecule has 4 heteroatoms. The third-order valence-corrected chi connectivity index (χ3v) is 3.94. The minimum Gasteiger partial charge on any atom is -0.366 e. The molecule has 0 aliphatic carbocycles. The van der Waals surface area contributed by atoms with Gasteiger partial charge in [0.05, 0.1) is 17.4 Å². The van der Waals surface area contributed by atoms with Crippen molar-refractivity contribution < 1.29 is 0 Å². The molecule has 0 unspecified atom stereocenters. The normalized spacial score (nSPS) is 26.9. The summed E-state index contributed by atoms with van der Waals surface area (Å²) in [6.45, 7) is 2.15. The van der Waals surface area contributed by atoms with E-state index in [-0.39, 0.29) is 0 Å². The molecule has 2 aliphatic heterocycles. The van der Waals surface area contributed by atoms with Crippen molar-refractivity contribution in [3.8, 4) is 12.3 Å². The van der Waals surface area contributed by atoms with E-state index in [1.807, 2.05) is 12.3 Å². The van der Waals surface area contributed by atoms with Crippen LogP contribution >= 0.6 is 11.6 Å². The molecule has 3 rings (SSSR count). The Bertz CT molecular complexity index is 480. The number of pyridine rings is 1. The standard InChI is InChI=1S/C13H14ClN3/c1-2-9-5-12(7-16-13(9)14)17-8-10-6-11(17)3-4-15-10/h1,5,7,10-11,15H,3-4,6,8H2/t10-,11+/m1/s1. The molecule has 3 heterocycles. The molecule has 2 saturated heterocycles. The molecule has 1 aromatic rings. The Labute approximate surface area is 106 Å². The predicted molar refractivity (Wildman–Crippen MR) is 69.3 cm³/mol. The predicted octanol–water partition coefficient (Wildman–Crippen LogP) is 1.66. The van der Waals surface area contributed by atoms with Gasteiger partial charge in [0.2, 0.25) is 0 Å². The second kappa shape index (κ2) is 4.21. The first-order chi connectivity index (χ1) is 8.28. The number of nitrogens with one attached hydrogen (secondary N) is 1. The van der Waals surface area contributed by atoms with E-state index >= 15 is 0 Å². The molecule has 2 bridgehead atoms. The molecule has 1 aromatic heterocycles. The fraction of sp³-hybridized carbons (Fsp3) is 0.462. The Morgan fingerprint density at radius 3 is 3.24 bits per heavy atom. The zero-order valence-corrected chi connectivity index (χ0v) is 10.2. The van der Waals surface area contributed by atoms with E-state index in [0.29, 0.717) is 22.8 Å². The fourth-order valence-electron chi connectivity index (χ4n) is 2.80. The topological polar surface area (TPSA) is 28.2 Å². The maximum absolute atomic E-state index is 5.93. The summed E-state index contributed by atoms with van der Waals surface area (Å²) in [6, 6.07) is 3.20. The molecule has 0 spiro atoms. The Kier molecular flexibility index (Phi) is 2.70. The number of anilines is 1. The van der Waals surface area contributed by atoms with Gasteiger partial charge in [0.25, 0.3) is 0 Å². The van der Waals surface area contributed by atoms with Gasteiger partial charge < -0.3 is 10.2 Å². The van der Waals surface area contributed by atoms with E-state index in [2.05, 4.69) is 21.1 Å². The SMILES string of the molecule is C#Cc1cc(N2C[C@H]3C[C@@H]2CCN3)cnc1Cl. The van der Waals surface area contributed by atoms with Crippen molar-refractivity contribution in [1.29, 1.82) is 0 Å². The second-order valence-corrected chi connectivity index (χ2v) is 5.02. The van der Waals surface area contributed by atoms with E-state index in [9.17, 15) is 0 Å². The fourth-order valence-corrected chi connectivity index (χ4v) is 2.96. The summed E-state index contributed by atoms with van der Waals surface area (Å²) in [4.78, 5) is 6.57. The largest absolute Gasteiger partial charge is 0.366 e. The molecule has 2 aliphatic rings. The maximum atomic E-state index is 5.93. The lowest BCUT2D eigenvalue weighted by molar-refractivity contribution is 0.449. The molecule has 3 nitrogen and oxygen atoms in total. The first-order valence-corrected chi connectivity index (χ1v) is 6.28. The molecule has 1 N–H and O–H groups in total. The van der Waals surface area contributed by atoms with E-state index in [1.165, 1.54) is 12.8 Å². The Hall–Kier alpha value is -1.24. The van der Waals surface area contributed by atoms with Crippen molar-refractivity contribution >= 4 is 17.3 Å². The van der Waals surface area contributed by atoms with Crippen LogP contribution in [0.25, 0.3) is 0 Å². The van der Waals surface area contributed by atoms with Gasteiger partial charge in [0, 0.05) is 18.6 Å². The number of rotatable bonds is 1. The average molecular weight is 248 g/mol. The molecule has 2 atom stereocenters. The molecular formula is C13H14ClN3. The van der Waals surface area contributed by atoms with Crippen LogP contribution in [-0.4, -0.2) is 30.2 Å². The highest BCUT2D eigenvalue weighted by molar-refractivity contribution is 6.30. The van der Waals surface area contributed by atoms with Gasteiger partial charge in [-0.05, 0) is 25.5 Å². The summed E-state index contributed by atoms with van der Waals surface area (Å²) in [5.41, 5.74) is 1.78. The third-order valence-electron chi connectivity index (χ3n) is 3.64. The van der Waals surface area contributed by atoms with Gasteiger partial charge >= 0.3 is 0 Å². The lowest BCUT2D eigenvalue weighted by Crippen LogP contribution is -2.35. The lowest BCUT2D eigenvalue weighted by atomic mass is 10.1. The van der Waals surface area contributed by atoms with Crippen LogP contribution in [0.4, 0.5) is 5.69 Å². The van der Waals surface area contributed by atoms with Gasteiger partial charge in [0.1, 0.15) is 5.15 Å². The molecule has 0 saturated carbocycles. The van der Waals surface area contributed by atoms with Crippen LogP contribution in [0.15, 0.2) is 12.3 Å². The lowest BCUT2D eigenvalue weighted by Gasteiger charge is -2.26. The van der Waals surface area contributed by atoms with Crippen LogP contribution in [0.3, 0.4) is 0 Å². The monoisotopic (exact) mass is 247 g/mol. The molecule has 2 fully saturated rings. The van der Waals surface area contributed by atoms with Gasteiger partial charge in [0.15, 0.2) is 0 Å². The van der Waals surface area contributed by atoms with Crippen LogP contribution < -0.4 is 10.2 Å². The van der Waals surface area contributed by atoms with E-state index in [4.69, 9.17) is 18.0 Å². The molecule has 0 amide bonds.